The molecule has 0 radical (unpaired) electrons. The van der Waals surface area contributed by atoms with Gasteiger partial charge in [-0.25, -0.2) is 14.2 Å². The molecule has 0 atom stereocenters. The number of hydrogen-bond donors (Lipinski definition) is 2. The lowest BCUT2D eigenvalue weighted by atomic mass is 10.1. The Labute approximate surface area is 162 Å². The number of rotatable bonds is 5. The lowest BCUT2D eigenvalue weighted by Gasteiger charge is -2.22. The highest BCUT2D eigenvalue weighted by atomic mass is 32.2. The highest BCUT2D eigenvalue weighted by Gasteiger charge is 2.23. The monoisotopic (exact) mass is 404 g/mol. The summed E-state index contributed by atoms with van der Waals surface area (Å²) >= 11 is 2.79. The van der Waals surface area contributed by atoms with E-state index in [1.807, 2.05) is 0 Å². The first-order valence-corrected chi connectivity index (χ1v) is 9.55. The second kappa shape index (κ2) is 7.45. The van der Waals surface area contributed by atoms with Gasteiger partial charge in [0.25, 0.3) is 0 Å². The van der Waals surface area contributed by atoms with Crippen LogP contribution >= 0.6 is 23.3 Å². The second-order valence-electron chi connectivity index (χ2n) is 5.52. The van der Waals surface area contributed by atoms with E-state index in [-0.39, 0.29) is 17.1 Å². The van der Waals surface area contributed by atoms with Crippen LogP contribution in [-0.2, 0) is 0 Å². The van der Waals surface area contributed by atoms with Crippen molar-refractivity contribution in [2.45, 2.75) is 4.21 Å². The van der Waals surface area contributed by atoms with Crippen molar-refractivity contribution in [1.29, 1.82) is 0 Å². The van der Waals surface area contributed by atoms with E-state index in [0.717, 1.165) is 14.8 Å². The third-order valence-electron chi connectivity index (χ3n) is 3.76. The predicted octanol–water partition coefficient (Wildman–Crippen LogP) is 4.54. The largest absolute Gasteiger partial charge is 0.485 e. The molecule has 0 amide bonds. The van der Waals surface area contributed by atoms with Crippen molar-refractivity contribution in [2.75, 3.05) is 17.9 Å². The minimum absolute atomic E-state index is 0.0663. The van der Waals surface area contributed by atoms with Crippen molar-refractivity contribution in [2.24, 2.45) is 0 Å². The molecule has 6 nitrogen and oxygen atoms in total. The summed E-state index contributed by atoms with van der Waals surface area (Å²) in [5.41, 5.74) is 1.53. The van der Waals surface area contributed by atoms with Crippen LogP contribution in [0.4, 0.5) is 10.1 Å². The van der Waals surface area contributed by atoms with Gasteiger partial charge in [-0.3, -0.25) is 0 Å². The molecular weight excluding hydrogens is 391 g/mol. The molecule has 27 heavy (non-hydrogen) atoms. The number of benzene rings is 2. The molecule has 0 saturated heterocycles. The molecule has 138 valence electrons. The molecule has 2 heterocycles. The fraction of sp³-hybridized carbons (Fsp3) is 0.111. The number of halogens is 1. The Balaban J connectivity index is 1.52. The zero-order valence-electron chi connectivity index (χ0n) is 13.8. The number of carbonyl (C=O) groups is 1. The van der Waals surface area contributed by atoms with Gasteiger partial charge in [-0.05, 0) is 48.3 Å². The minimum atomic E-state index is -1.07. The first kappa shape index (κ1) is 17.6. The van der Waals surface area contributed by atoms with Crippen LogP contribution in [0.3, 0.4) is 0 Å². The van der Waals surface area contributed by atoms with Gasteiger partial charge in [0, 0.05) is 5.56 Å². The summed E-state index contributed by atoms with van der Waals surface area (Å²) in [6.07, 6.45) is 1.72. The lowest BCUT2D eigenvalue weighted by Crippen LogP contribution is -2.18. The van der Waals surface area contributed by atoms with Gasteiger partial charge in [-0.15, -0.1) is 11.3 Å². The summed E-state index contributed by atoms with van der Waals surface area (Å²) < 4.78 is 28.2. The highest BCUT2D eigenvalue weighted by Crippen LogP contribution is 2.42. The molecule has 0 bridgehead atoms. The van der Waals surface area contributed by atoms with E-state index < -0.39 is 5.97 Å². The topological polar surface area (TPSA) is 80.7 Å². The maximum Gasteiger partial charge on any atom is 0.339 e. The van der Waals surface area contributed by atoms with Gasteiger partial charge in [-0.1, -0.05) is 0 Å². The van der Waals surface area contributed by atoms with Crippen molar-refractivity contribution in [3.63, 3.8) is 0 Å². The first-order valence-electron chi connectivity index (χ1n) is 7.92. The Morgan fingerprint density at radius 1 is 1.15 bits per heavy atom. The SMILES string of the molecule is O=C(O)c1ccc(NSc2cnc(-c3ccc(F)cc3)s2)c2c1OCCO2. The van der Waals surface area contributed by atoms with E-state index in [4.69, 9.17) is 9.47 Å². The van der Waals surface area contributed by atoms with Crippen LogP contribution in [0.1, 0.15) is 10.4 Å². The summed E-state index contributed by atoms with van der Waals surface area (Å²) in [7, 11) is 0. The average Bonchev–Trinajstić information content (AvgIpc) is 3.15. The molecular formula is C18H13FN2O4S2. The van der Waals surface area contributed by atoms with Gasteiger partial charge in [0.15, 0.2) is 11.5 Å². The van der Waals surface area contributed by atoms with Crippen LogP contribution in [0.5, 0.6) is 11.5 Å². The number of nitrogens with one attached hydrogen (secondary N) is 1. The number of hydrogen-bond acceptors (Lipinski definition) is 7. The van der Waals surface area contributed by atoms with E-state index in [1.165, 1.54) is 41.5 Å². The van der Waals surface area contributed by atoms with Crippen molar-refractivity contribution in [1.82, 2.24) is 4.98 Å². The van der Waals surface area contributed by atoms with E-state index >= 15 is 0 Å². The third kappa shape index (κ3) is 3.69. The molecule has 0 spiro atoms. The Hall–Kier alpha value is -2.78. The zero-order chi connectivity index (χ0) is 18.8. The molecule has 9 heteroatoms. The molecule has 4 rings (SSSR count). The lowest BCUT2D eigenvalue weighted by molar-refractivity contribution is 0.0686. The smallest absolute Gasteiger partial charge is 0.339 e. The van der Waals surface area contributed by atoms with Crippen molar-refractivity contribution in [3.05, 3.63) is 54.0 Å². The standard InChI is InChI=1S/C18H13FN2O4S2/c19-11-3-1-10(2-4-11)17-20-9-14(26-17)27-21-13-6-5-12(18(22)23)15-16(13)25-8-7-24-15/h1-6,9,21H,7-8H2,(H,22,23). The van der Waals surface area contributed by atoms with Gasteiger partial charge in [0.05, 0.1) is 11.9 Å². The fourth-order valence-electron chi connectivity index (χ4n) is 2.52. The third-order valence-corrected chi connectivity index (χ3v) is 5.73. The van der Waals surface area contributed by atoms with Gasteiger partial charge in [0.1, 0.15) is 33.8 Å². The Kier molecular flexibility index (Phi) is 4.87. The number of ether oxygens (including phenoxy) is 2. The molecule has 1 aliphatic heterocycles. The van der Waals surface area contributed by atoms with Crippen LogP contribution in [0, 0.1) is 5.82 Å². The summed E-state index contributed by atoms with van der Waals surface area (Å²) in [5.74, 6) is -0.738. The summed E-state index contributed by atoms with van der Waals surface area (Å²) in [6.45, 7) is 0.657. The maximum absolute atomic E-state index is 13.0. The molecule has 0 unspecified atom stereocenters. The molecule has 1 aliphatic rings. The summed E-state index contributed by atoms with van der Waals surface area (Å²) in [4.78, 5) is 15.7. The second-order valence-corrected chi connectivity index (χ2v) is 7.65. The van der Waals surface area contributed by atoms with Crippen LogP contribution < -0.4 is 14.2 Å². The molecule has 2 aromatic carbocycles. The predicted molar refractivity (Wildman–Crippen MR) is 101 cm³/mol. The van der Waals surface area contributed by atoms with E-state index in [1.54, 1.807) is 24.4 Å². The minimum Gasteiger partial charge on any atom is -0.485 e. The van der Waals surface area contributed by atoms with Gasteiger partial charge >= 0.3 is 5.97 Å². The molecule has 1 aromatic heterocycles. The number of carboxylic acid groups (broad SMARTS) is 1. The van der Waals surface area contributed by atoms with Crippen molar-refractivity contribution in [3.8, 4) is 22.1 Å². The van der Waals surface area contributed by atoms with Gasteiger partial charge in [-0.2, -0.15) is 0 Å². The van der Waals surface area contributed by atoms with Crippen molar-refractivity contribution < 1.29 is 23.8 Å². The van der Waals surface area contributed by atoms with Crippen LogP contribution in [0.25, 0.3) is 10.6 Å². The number of aromatic nitrogens is 1. The van der Waals surface area contributed by atoms with Gasteiger partial charge < -0.3 is 19.3 Å². The number of aromatic carboxylic acids is 1. The summed E-state index contributed by atoms with van der Waals surface area (Å²) in [6, 6.07) is 9.29. The summed E-state index contributed by atoms with van der Waals surface area (Å²) in [5, 5.41) is 10.1. The zero-order valence-corrected chi connectivity index (χ0v) is 15.4. The number of thiazole rings is 1. The molecule has 0 saturated carbocycles. The quantitative estimate of drug-likeness (QED) is 0.605. The van der Waals surface area contributed by atoms with Gasteiger partial charge in [0.2, 0.25) is 0 Å². The normalized spacial score (nSPS) is 12.6. The molecule has 3 aromatic rings. The molecule has 0 aliphatic carbocycles. The Morgan fingerprint density at radius 3 is 2.63 bits per heavy atom. The first-order chi connectivity index (χ1) is 13.1. The van der Waals surface area contributed by atoms with Crippen LogP contribution in [0.15, 0.2) is 46.8 Å². The van der Waals surface area contributed by atoms with Crippen molar-refractivity contribution >= 4 is 34.9 Å². The fourth-order valence-corrected chi connectivity index (χ4v) is 4.18. The van der Waals surface area contributed by atoms with E-state index in [2.05, 4.69) is 9.71 Å². The maximum atomic E-state index is 13.0. The number of nitrogens with zero attached hydrogens (tertiary/aromatic N) is 1. The Bertz CT molecular complexity index is 992. The molecule has 0 fully saturated rings. The van der Waals surface area contributed by atoms with E-state index in [0.29, 0.717) is 24.7 Å². The Morgan fingerprint density at radius 2 is 1.89 bits per heavy atom. The molecule has 2 N–H and O–H groups in total. The number of carboxylic acids is 1. The number of anilines is 1. The van der Waals surface area contributed by atoms with Crippen LogP contribution in [0.2, 0.25) is 0 Å². The average molecular weight is 404 g/mol. The number of fused-ring (bicyclic) bond motifs is 1. The van der Waals surface area contributed by atoms with Crippen LogP contribution in [-0.4, -0.2) is 29.3 Å². The highest BCUT2D eigenvalue weighted by molar-refractivity contribution is 8.02. The van der Waals surface area contributed by atoms with E-state index in [9.17, 15) is 14.3 Å².